The van der Waals surface area contributed by atoms with Crippen molar-refractivity contribution in [1.82, 2.24) is 10.3 Å². The van der Waals surface area contributed by atoms with Gasteiger partial charge in [-0.3, -0.25) is 10.3 Å². The van der Waals surface area contributed by atoms with E-state index in [1.807, 2.05) is 19.0 Å². The van der Waals surface area contributed by atoms with Gasteiger partial charge in [-0.2, -0.15) is 0 Å². The zero-order chi connectivity index (χ0) is 4.99. The number of hydrogen-bond donors (Lipinski definition) is 1. The molecule has 0 aliphatic rings. The molecule has 0 saturated carbocycles. The van der Waals surface area contributed by atoms with Crippen LogP contribution in [0, 0.1) is 0 Å². The lowest BCUT2D eigenvalue weighted by Crippen LogP contribution is -2.32. The van der Waals surface area contributed by atoms with Gasteiger partial charge < -0.3 is 0 Å². The van der Waals surface area contributed by atoms with E-state index in [0.29, 0.717) is 0 Å². The van der Waals surface area contributed by atoms with Gasteiger partial charge in [0.15, 0.2) is 0 Å². The zero-order valence-corrected chi connectivity index (χ0v) is 4.65. The summed E-state index contributed by atoms with van der Waals surface area (Å²) in [6, 6.07) is 0. The van der Waals surface area contributed by atoms with E-state index in [2.05, 4.69) is 12.2 Å². The summed E-state index contributed by atoms with van der Waals surface area (Å²) in [6.45, 7) is 2.09. The molecule has 3 heteroatoms. The van der Waals surface area contributed by atoms with E-state index in [1.165, 1.54) is 0 Å². The fourth-order valence-electron chi connectivity index (χ4n) is 0.158. The molecule has 0 rings (SSSR count). The highest BCUT2D eigenvalue weighted by atomic mass is 15.4. The molecule has 1 N–H and O–H groups in total. The minimum absolute atomic E-state index is 1.05. The van der Waals surface area contributed by atoms with Gasteiger partial charge in [-0.05, 0) is 14.1 Å². The van der Waals surface area contributed by atoms with Gasteiger partial charge >= 0.3 is 0 Å². The van der Waals surface area contributed by atoms with Crippen molar-refractivity contribution in [2.24, 2.45) is 0 Å². The maximum absolute atomic E-state index is 2.95. The first-order valence-electron chi connectivity index (χ1n) is 2.19. The van der Waals surface area contributed by atoms with Gasteiger partial charge in [0.1, 0.15) is 0 Å². The van der Waals surface area contributed by atoms with Crippen molar-refractivity contribution < 1.29 is 0 Å². The standard InChI is InChI=1S/C3H11BN2/c1-4-6(3)5-2/h4-5H,1-3H3. The Balaban J connectivity index is 2.75. The van der Waals surface area contributed by atoms with E-state index in [0.717, 1.165) is 7.41 Å². The van der Waals surface area contributed by atoms with Crippen molar-refractivity contribution in [3.8, 4) is 0 Å². The van der Waals surface area contributed by atoms with Gasteiger partial charge in [-0.25, -0.2) is 0 Å². The van der Waals surface area contributed by atoms with Crippen LogP contribution < -0.4 is 5.43 Å². The second kappa shape index (κ2) is 3.19. The topological polar surface area (TPSA) is 15.3 Å². The number of rotatable bonds is 2. The molecule has 0 aliphatic carbocycles. The van der Waals surface area contributed by atoms with E-state index in [1.54, 1.807) is 0 Å². The molecular weight excluding hydrogens is 74.9 g/mol. The maximum Gasteiger partial charge on any atom is 0.220 e. The summed E-state index contributed by atoms with van der Waals surface area (Å²) in [6.07, 6.45) is 0. The zero-order valence-electron chi connectivity index (χ0n) is 4.65. The van der Waals surface area contributed by atoms with Crippen LogP contribution >= 0.6 is 0 Å². The maximum atomic E-state index is 2.95. The molecule has 0 atom stereocenters. The third-order valence-corrected chi connectivity index (χ3v) is 0.856. The van der Waals surface area contributed by atoms with Gasteiger partial charge in [0, 0.05) is 0 Å². The van der Waals surface area contributed by atoms with Crippen LogP contribution in [0.1, 0.15) is 0 Å². The monoisotopic (exact) mass is 86.1 g/mol. The van der Waals surface area contributed by atoms with Gasteiger partial charge in [0.2, 0.25) is 7.41 Å². The molecule has 0 heterocycles. The Morgan fingerprint density at radius 2 is 2.17 bits per heavy atom. The van der Waals surface area contributed by atoms with Crippen LogP contribution in [0.4, 0.5) is 0 Å². The molecule has 0 unspecified atom stereocenters. The Kier molecular flexibility index (Phi) is 3.18. The van der Waals surface area contributed by atoms with Crippen LogP contribution in [0.5, 0.6) is 0 Å². The van der Waals surface area contributed by atoms with Gasteiger partial charge in [-0.15, -0.1) is 0 Å². The Hall–Kier alpha value is -0.0151. The van der Waals surface area contributed by atoms with Crippen molar-refractivity contribution in [1.29, 1.82) is 0 Å². The SMILES string of the molecule is CBN(C)NC. The van der Waals surface area contributed by atoms with E-state index in [9.17, 15) is 0 Å². The predicted molar refractivity (Wildman–Crippen MR) is 29.8 cm³/mol. The van der Waals surface area contributed by atoms with E-state index >= 15 is 0 Å². The smallest absolute Gasteiger partial charge is 0.220 e. The van der Waals surface area contributed by atoms with E-state index in [4.69, 9.17) is 0 Å². The summed E-state index contributed by atoms with van der Waals surface area (Å²) >= 11 is 0. The summed E-state index contributed by atoms with van der Waals surface area (Å²) in [5.41, 5.74) is 2.95. The Bertz CT molecular complexity index is 28.0. The number of hydrogen-bond acceptors (Lipinski definition) is 2. The third kappa shape index (κ3) is 2.24. The van der Waals surface area contributed by atoms with E-state index in [-0.39, 0.29) is 0 Å². The summed E-state index contributed by atoms with van der Waals surface area (Å²) < 4.78 is 0. The summed E-state index contributed by atoms with van der Waals surface area (Å²) in [4.78, 5) is 2.00. The van der Waals surface area contributed by atoms with Crippen LogP contribution in [-0.2, 0) is 0 Å². The van der Waals surface area contributed by atoms with Gasteiger partial charge in [-0.1, -0.05) is 6.82 Å². The molecule has 0 aromatic heterocycles. The highest BCUT2D eigenvalue weighted by molar-refractivity contribution is 6.29. The molecule has 0 aliphatic heterocycles. The Labute approximate surface area is 39.8 Å². The van der Waals surface area contributed by atoms with Gasteiger partial charge in [0.25, 0.3) is 0 Å². The molecule has 36 valence electrons. The quantitative estimate of drug-likeness (QED) is 0.358. The van der Waals surface area contributed by atoms with Crippen molar-refractivity contribution >= 4 is 7.41 Å². The first kappa shape index (κ1) is 5.98. The molecule has 0 fully saturated rings. The Morgan fingerprint density at radius 1 is 1.67 bits per heavy atom. The fraction of sp³-hybridized carbons (Fsp3) is 1.00. The van der Waals surface area contributed by atoms with Crippen LogP contribution in [0.3, 0.4) is 0 Å². The lowest BCUT2D eigenvalue weighted by Gasteiger charge is -2.08. The summed E-state index contributed by atoms with van der Waals surface area (Å²) in [5.74, 6) is 0. The second-order valence-corrected chi connectivity index (χ2v) is 1.24. The fourth-order valence-corrected chi connectivity index (χ4v) is 0.158. The van der Waals surface area contributed by atoms with Crippen LogP contribution in [0.2, 0.25) is 6.82 Å². The highest BCUT2D eigenvalue weighted by Crippen LogP contribution is 1.60. The first-order valence-corrected chi connectivity index (χ1v) is 2.19. The van der Waals surface area contributed by atoms with Crippen molar-refractivity contribution in [2.45, 2.75) is 6.82 Å². The number of hydrazine groups is 1. The van der Waals surface area contributed by atoms with Crippen LogP contribution in [0.15, 0.2) is 0 Å². The molecule has 0 radical (unpaired) electrons. The van der Waals surface area contributed by atoms with Crippen molar-refractivity contribution in [2.75, 3.05) is 14.1 Å². The normalized spacial score (nSPS) is 9.33. The Morgan fingerprint density at radius 3 is 2.17 bits per heavy atom. The predicted octanol–water partition coefficient (Wildman–Crippen LogP) is -0.548. The minimum Gasteiger partial charge on any atom is -0.292 e. The molecule has 0 aromatic carbocycles. The molecule has 2 nitrogen and oxygen atoms in total. The largest absolute Gasteiger partial charge is 0.292 e. The lowest BCUT2D eigenvalue weighted by atomic mass is 10.0. The number of nitrogens with zero attached hydrogens (tertiary/aromatic N) is 1. The van der Waals surface area contributed by atoms with Gasteiger partial charge in [0.05, 0.1) is 0 Å². The van der Waals surface area contributed by atoms with Crippen LogP contribution in [-0.4, -0.2) is 26.4 Å². The molecule has 0 amide bonds. The lowest BCUT2D eigenvalue weighted by molar-refractivity contribution is 0.437. The summed E-state index contributed by atoms with van der Waals surface area (Å²) in [7, 11) is 4.96. The van der Waals surface area contributed by atoms with Crippen LogP contribution in [0.25, 0.3) is 0 Å². The molecule has 0 saturated heterocycles. The number of nitrogens with one attached hydrogen (secondary N) is 1. The molecular formula is C3H11BN2. The molecule has 0 bridgehead atoms. The minimum atomic E-state index is 1.05. The van der Waals surface area contributed by atoms with E-state index < -0.39 is 0 Å². The second-order valence-electron chi connectivity index (χ2n) is 1.24. The molecule has 0 aromatic rings. The first-order chi connectivity index (χ1) is 2.81. The third-order valence-electron chi connectivity index (χ3n) is 0.856. The highest BCUT2D eigenvalue weighted by Gasteiger charge is 1.83. The van der Waals surface area contributed by atoms with Crippen molar-refractivity contribution in [3.05, 3.63) is 0 Å². The average molecular weight is 85.9 g/mol. The molecule has 0 spiro atoms. The summed E-state index contributed by atoms with van der Waals surface area (Å²) in [5, 5.41) is 0. The molecule has 6 heavy (non-hydrogen) atoms. The van der Waals surface area contributed by atoms with Crippen molar-refractivity contribution in [3.63, 3.8) is 0 Å². The average Bonchev–Trinajstić information content (AvgIpc) is 1.65.